The second-order valence-electron chi connectivity index (χ2n) is 4.86. The van der Waals surface area contributed by atoms with Crippen LogP contribution in [-0.2, 0) is 12.7 Å². The summed E-state index contributed by atoms with van der Waals surface area (Å²) in [6.07, 6.45) is -3.24. The smallest absolute Gasteiger partial charge is 0.337 e. The SMILES string of the molecule is O=c1c(Cl)c(Cl)cnn1Cc1nc(-c2ccc(C(F)(F)F)cc2)no1. The van der Waals surface area contributed by atoms with Crippen LogP contribution in [0.25, 0.3) is 11.4 Å². The van der Waals surface area contributed by atoms with Crippen LogP contribution in [0.3, 0.4) is 0 Å². The summed E-state index contributed by atoms with van der Waals surface area (Å²) < 4.78 is 43.6. The van der Waals surface area contributed by atoms with Gasteiger partial charge >= 0.3 is 6.18 Å². The highest BCUT2D eigenvalue weighted by Gasteiger charge is 2.30. The molecular formula is C14H7Cl2F3N4O2. The topological polar surface area (TPSA) is 73.8 Å². The molecule has 1 aromatic carbocycles. The number of benzene rings is 1. The quantitative estimate of drug-likeness (QED) is 0.681. The zero-order valence-corrected chi connectivity index (χ0v) is 13.6. The molecule has 0 bridgehead atoms. The molecular weight excluding hydrogens is 384 g/mol. The van der Waals surface area contributed by atoms with Crippen LogP contribution in [0, 0.1) is 0 Å². The third-order valence-corrected chi connectivity index (χ3v) is 3.91. The lowest BCUT2D eigenvalue weighted by Gasteiger charge is -2.05. The molecule has 0 saturated carbocycles. The Labute approximate surface area is 147 Å². The lowest BCUT2D eigenvalue weighted by Crippen LogP contribution is -2.23. The molecule has 11 heteroatoms. The molecule has 0 aliphatic carbocycles. The molecule has 3 rings (SSSR count). The van der Waals surface area contributed by atoms with Gasteiger partial charge in [0, 0.05) is 5.56 Å². The van der Waals surface area contributed by atoms with E-state index in [1.807, 2.05) is 0 Å². The highest BCUT2D eigenvalue weighted by atomic mass is 35.5. The van der Waals surface area contributed by atoms with Crippen LogP contribution in [0.15, 0.2) is 39.8 Å². The van der Waals surface area contributed by atoms with Crippen molar-refractivity contribution in [1.82, 2.24) is 19.9 Å². The number of alkyl halides is 3. The van der Waals surface area contributed by atoms with Crippen LogP contribution in [0.5, 0.6) is 0 Å². The summed E-state index contributed by atoms with van der Waals surface area (Å²) >= 11 is 11.4. The van der Waals surface area contributed by atoms with Crippen LogP contribution in [0.2, 0.25) is 10.0 Å². The molecule has 0 N–H and O–H groups in total. The molecule has 25 heavy (non-hydrogen) atoms. The van der Waals surface area contributed by atoms with Crippen LogP contribution in [-0.4, -0.2) is 19.9 Å². The Balaban J connectivity index is 1.84. The van der Waals surface area contributed by atoms with E-state index >= 15 is 0 Å². The number of nitrogens with zero attached hydrogens (tertiary/aromatic N) is 4. The molecule has 6 nitrogen and oxygen atoms in total. The van der Waals surface area contributed by atoms with E-state index in [1.165, 1.54) is 18.3 Å². The minimum atomic E-state index is -4.43. The van der Waals surface area contributed by atoms with E-state index in [0.29, 0.717) is 5.56 Å². The Morgan fingerprint density at radius 2 is 1.84 bits per heavy atom. The maximum Gasteiger partial charge on any atom is 0.416 e. The summed E-state index contributed by atoms with van der Waals surface area (Å²) in [4.78, 5) is 15.9. The van der Waals surface area contributed by atoms with Crippen molar-refractivity contribution in [2.75, 3.05) is 0 Å². The summed E-state index contributed by atoms with van der Waals surface area (Å²) in [6, 6.07) is 4.27. The Morgan fingerprint density at radius 3 is 2.48 bits per heavy atom. The molecule has 3 aromatic rings. The number of hydrogen-bond donors (Lipinski definition) is 0. The second-order valence-corrected chi connectivity index (χ2v) is 5.64. The highest BCUT2D eigenvalue weighted by molar-refractivity contribution is 6.41. The molecule has 0 atom stereocenters. The average molecular weight is 391 g/mol. The Morgan fingerprint density at radius 1 is 1.16 bits per heavy atom. The molecule has 2 heterocycles. The fourth-order valence-corrected chi connectivity index (χ4v) is 2.20. The fraction of sp³-hybridized carbons (Fsp3) is 0.143. The van der Waals surface area contributed by atoms with Gasteiger partial charge in [-0.3, -0.25) is 4.79 Å². The second kappa shape index (κ2) is 6.49. The maximum absolute atomic E-state index is 12.6. The normalized spacial score (nSPS) is 11.7. The van der Waals surface area contributed by atoms with Crippen molar-refractivity contribution in [2.45, 2.75) is 12.7 Å². The van der Waals surface area contributed by atoms with E-state index in [4.69, 9.17) is 27.7 Å². The van der Waals surface area contributed by atoms with Gasteiger partial charge in [-0.2, -0.15) is 23.3 Å². The van der Waals surface area contributed by atoms with E-state index in [1.54, 1.807) is 0 Å². The molecule has 2 aromatic heterocycles. The van der Waals surface area contributed by atoms with Crippen LogP contribution in [0.4, 0.5) is 13.2 Å². The standard InChI is InChI=1S/C14H7Cl2F3N4O2/c15-9-5-20-23(13(24)11(9)16)6-10-21-12(22-25-10)7-1-3-8(4-2-7)14(17,18)19/h1-5H,6H2. The predicted octanol–water partition coefficient (Wildman–Crippen LogP) is 3.67. The summed E-state index contributed by atoms with van der Waals surface area (Å²) in [6.45, 7) is -0.163. The van der Waals surface area contributed by atoms with Crippen molar-refractivity contribution in [3.05, 3.63) is 62.3 Å². The number of hydrogen-bond acceptors (Lipinski definition) is 5. The largest absolute Gasteiger partial charge is 0.416 e. The minimum Gasteiger partial charge on any atom is -0.337 e. The van der Waals surface area contributed by atoms with Gasteiger partial charge in [-0.05, 0) is 12.1 Å². The number of aromatic nitrogens is 4. The van der Waals surface area contributed by atoms with Gasteiger partial charge in [-0.25, -0.2) is 4.68 Å². The van der Waals surface area contributed by atoms with E-state index in [0.717, 1.165) is 16.8 Å². The molecule has 0 amide bonds. The van der Waals surface area contributed by atoms with Crippen molar-refractivity contribution < 1.29 is 17.7 Å². The Hall–Kier alpha value is -2.39. The molecule has 0 aliphatic rings. The molecule has 0 spiro atoms. The molecule has 0 radical (unpaired) electrons. The summed E-state index contributed by atoms with van der Waals surface area (Å²) in [7, 11) is 0. The first kappa shape index (κ1) is 17.4. The van der Waals surface area contributed by atoms with Crippen molar-refractivity contribution in [1.29, 1.82) is 0 Å². The maximum atomic E-state index is 12.6. The first-order valence-corrected chi connectivity index (χ1v) is 7.42. The highest BCUT2D eigenvalue weighted by Crippen LogP contribution is 2.30. The molecule has 0 fully saturated rings. The summed E-state index contributed by atoms with van der Waals surface area (Å²) in [5.41, 5.74) is -1.09. The first-order chi connectivity index (χ1) is 11.8. The van der Waals surface area contributed by atoms with Crippen molar-refractivity contribution >= 4 is 23.2 Å². The van der Waals surface area contributed by atoms with Gasteiger partial charge in [0.15, 0.2) is 0 Å². The zero-order valence-electron chi connectivity index (χ0n) is 12.1. The Bertz CT molecular complexity index is 967. The van der Waals surface area contributed by atoms with Gasteiger partial charge in [0.25, 0.3) is 5.56 Å². The first-order valence-electron chi connectivity index (χ1n) is 6.67. The van der Waals surface area contributed by atoms with Crippen LogP contribution in [0.1, 0.15) is 11.5 Å². The molecule has 130 valence electrons. The average Bonchev–Trinajstić information content (AvgIpc) is 3.03. The van der Waals surface area contributed by atoms with E-state index < -0.39 is 17.3 Å². The van der Waals surface area contributed by atoms with Gasteiger partial charge in [0.05, 0.1) is 16.8 Å². The number of halogens is 5. The van der Waals surface area contributed by atoms with Gasteiger partial charge in [0.2, 0.25) is 11.7 Å². The van der Waals surface area contributed by atoms with E-state index in [9.17, 15) is 18.0 Å². The summed E-state index contributed by atoms with van der Waals surface area (Å²) in [5, 5.41) is 7.28. The third-order valence-electron chi connectivity index (χ3n) is 3.17. The number of rotatable bonds is 3. The van der Waals surface area contributed by atoms with E-state index in [2.05, 4.69) is 15.2 Å². The lowest BCUT2D eigenvalue weighted by atomic mass is 10.1. The minimum absolute atomic E-state index is 0.0129. The monoisotopic (exact) mass is 390 g/mol. The molecule has 0 aliphatic heterocycles. The van der Waals surface area contributed by atoms with Crippen LogP contribution >= 0.6 is 23.2 Å². The van der Waals surface area contributed by atoms with Gasteiger partial charge < -0.3 is 4.52 Å². The van der Waals surface area contributed by atoms with Crippen molar-refractivity contribution in [3.63, 3.8) is 0 Å². The van der Waals surface area contributed by atoms with Crippen molar-refractivity contribution in [3.8, 4) is 11.4 Å². The van der Waals surface area contributed by atoms with Gasteiger partial charge in [-0.15, -0.1) is 0 Å². The Kier molecular flexibility index (Phi) is 4.53. The molecule has 0 unspecified atom stereocenters. The molecule has 0 saturated heterocycles. The fourth-order valence-electron chi connectivity index (χ4n) is 1.93. The lowest BCUT2D eigenvalue weighted by molar-refractivity contribution is -0.137. The van der Waals surface area contributed by atoms with Crippen LogP contribution < -0.4 is 5.56 Å². The zero-order chi connectivity index (χ0) is 18.2. The summed E-state index contributed by atoms with van der Waals surface area (Å²) in [5.74, 6) is 0.111. The van der Waals surface area contributed by atoms with Crippen molar-refractivity contribution in [2.24, 2.45) is 0 Å². The van der Waals surface area contributed by atoms with Gasteiger partial charge in [0.1, 0.15) is 11.6 Å². The third kappa shape index (κ3) is 3.67. The van der Waals surface area contributed by atoms with E-state index in [-0.39, 0.29) is 28.3 Å². The van der Waals surface area contributed by atoms with Gasteiger partial charge in [-0.1, -0.05) is 40.5 Å². The predicted molar refractivity (Wildman–Crippen MR) is 82.4 cm³/mol.